The predicted molar refractivity (Wildman–Crippen MR) is 253 cm³/mol. The van der Waals surface area contributed by atoms with Crippen molar-refractivity contribution in [3.8, 4) is 22.5 Å². The largest absolute Gasteiger partial charge is 0.453 e. The van der Waals surface area contributed by atoms with Crippen LogP contribution in [0.2, 0.25) is 0 Å². The number of amides is 3. The number of fused-ring (bicyclic) bond motifs is 2. The number of nitrogens with zero attached hydrogens (tertiary/aromatic N) is 6. The lowest BCUT2D eigenvalue weighted by atomic mass is 10.0. The minimum absolute atomic E-state index is 0. The summed E-state index contributed by atoms with van der Waals surface area (Å²) in [6.07, 6.45) is 5.65. The Hall–Kier alpha value is -4.43. The number of aliphatic imine (C=N–C) groups is 1. The van der Waals surface area contributed by atoms with E-state index in [0.717, 1.165) is 70.3 Å². The molecule has 0 unspecified atom stereocenters. The van der Waals surface area contributed by atoms with Gasteiger partial charge in [0.05, 0.1) is 49.4 Å². The smallest absolute Gasteiger partial charge is 0.407 e. The highest BCUT2D eigenvalue weighted by molar-refractivity contribution is 7.59. The molecule has 2 aromatic carbocycles. The number of ether oxygens (including phenoxy) is 1. The lowest BCUT2D eigenvalue weighted by molar-refractivity contribution is -0.188. The maximum absolute atomic E-state index is 13.6. The lowest BCUT2D eigenvalue weighted by Gasteiger charge is -2.30. The molecule has 7 rings (SSSR count). The van der Waals surface area contributed by atoms with Gasteiger partial charge in [0.25, 0.3) is 0 Å². The Labute approximate surface area is 377 Å². The van der Waals surface area contributed by atoms with Crippen molar-refractivity contribution in [1.82, 2.24) is 40.0 Å². The second kappa shape index (κ2) is 21.9. The molecule has 0 aliphatic carbocycles. The molecule has 5 heterocycles. The fraction of sp³-hybridized carbons (Fsp3) is 0.439. The standard InChI is InChI=1S/C41H49N9O6.4H2S/c1-23(2)34(43-22-56-55-6)39(51)50-18-8-10-33(50)38-45-30-16-15-29(44-36(30)48-38)27-13-11-26-20-28(14-12-25(26)19-27)31-21-42-37(46-31)32-9-7-17-49(32)40(52)35(24(3)4)47-41(53)54-5;;;;/h11-16,19-24,32-35H,7-10,17-18H2,1-6H3,(H,42,46)(H,47,53)(H,44,45,48);4*1H2/t32-,33-,34-,35-;;;;/m0..../s1. The Bertz CT molecular complexity index is 2270. The quantitative estimate of drug-likeness (QED) is 0.0517. The van der Waals surface area contributed by atoms with Crippen LogP contribution in [0.1, 0.15) is 77.1 Å². The molecule has 2 aliphatic rings. The molecule has 2 saturated heterocycles. The van der Waals surface area contributed by atoms with Gasteiger partial charge in [-0.05, 0) is 72.6 Å². The number of pyridine rings is 1. The Kier molecular flexibility index (Phi) is 18.2. The summed E-state index contributed by atoms with van der Waals surface area (Å²) in [7, 11) is 2.68. The molecule has 0 spiro atoms. The average Bonchev–Trinajstić information content (AvgIpc) is 4.03. The molecule has 3 amide bonds. The van der Waals surface area contributed by atoms with Crippen LogP contribution in [-0.2, 0) is 24.1 Å². The van der Waals surface area contributed by atoms with Gasteiger partial charge in [-0.1, -0.05) is 52.0 Å². The van der Waals surface area contributed by atoms with Crippen LogP contribution in [-0.4, -0.2) is 98.4 Å². The summed E-state index contributed by atoms with van der Waals surface area (Å²) in [5.41, 5.74) is 4.99. The van der Waals surface area contributed by atoms with Crippen LogP contribution in [0, 0.1) is 11.8 Å². The second-order valence-corrected chi connectivity index (χ2v) is 15.1. The number of nitrogens with one attached hydrogen (secondary N) is 3. The van der Waals surface area contributed by atoms with Crippen LogP contribution in [0.3, 0.4) is 0 Å². The molecule has 60 heavy (non-hydrogen) atoms. The van der Waals surface area contributed by atoms with Gasteiger partial charge in [0, 0.05) is 24.2 Å². The van der Waals surface area contributed by atoms with E-state index in [9.17, 15) is 14.4 Å². The highest BCUT2D eigenvalue weighted by Gasteiger charge is 2.38. The number of aromatic amines is 2. The zero-order chi connectivity index (χ0) is 39.5. The van der Waals surface area contributed by atoms with Crippen molar-refractivity contribution in [3.63, 3.8) is 0 Å². The number of hydrogen-bond donors (Lipinski definition) is 3. The molecular weight excluding hydrogens is 843 g/mol. The van der Waals surface area contributed by atoms with Crippen LogP contribution < -0.4 is 5.32 Å². The highest BCUT2D eigenvalue weighted by Crippen LogP contribution is 2.35. The highest BCUT2D eigenvalue weighted by atomic mass is 32.1. The first kappa shape index (κ1) is 49.9. The lowest BCUT2D eigenvalue weighted by Crippen LogP contribution is -2.51. The zero-order valence-corrected chi connectivity index (χ0v) is 38.6. The van der Waals surface area contributed by atoms with Gasteiger partial charge < -0.3 is 34.7 Å². The van der Waals surface area contributed by atoms with Gasteiger partial charge in [0.15, 0.2) is 5.65 Å². The van der Waals surface area contributed by atoms with Crippen LogP contribution >= 0.6 is 54.0 Å². The molecule has 5 aromatic rings. The second-order valence-electron chi connectivity index (χ2n) is 15.1. The maximum Gasteiger partial charge on any atom is 0.407 e. The molecule has 0 bridgehead atoms. The first-order chi connectivity index (χ1) is 27.1. The van der Waals surface area contributed by atoms with Crippen LogP contribution in [0.15, 0.2) is 59.7 Å². The number of alkyl carbamates (subject to hydrolysis) is 1. The minimum Gasteiger partial charge on any atom is -0.453 e. The van der Waals surface area contributed by atoms with Crippen molar-refractivity contribution in [3.05, 3.63) is 66.4 Å². The first-order valence-corrected chi connectivity index (χ1v) is 19.2. The number of benzene rings is 2. The molecule has 2 fully saturated rings. The Morgan fingerprint density at radius 1 is 0.800 bits per heavy atom. The number of hydrogen-bond acceptors (Lipinski definition) is 10. The summed E-state index contributed by atoms with van der Waals surface area (Å²) in [5, 5.41) is 4.81. The number of aromatic nitrogens is 5. The zero-order valence-electron chi connectivity index (χ0n) is 34.6. The van der Waals surface area contributed by atoms with E-state index in [2.05, 4.69) is 61.6 Å². The summed E-state index contributed by atoms with van der Waals surface area (Å²) < 4.78 is 4.76. The van der Waals surface area contributed by atoms with Gasteiger partial charge in [0.1, 0.15) is 23.7 Å². The third-order valence-corrected chi connectivity index (χ3v) is 10.7. The van der Waals surface area contributed by atoms with E-state index in [4.69, 9.17) is 24.6 Å². The van der Waals surface area contributed by atoms with Crippen molar-refractivity contribution in [2.75, 3.05) is 27.3 Å². The first-order valence-electron chi connectivity index (χ1n) is 19.2. The number of rotatable bonds is 12. The molecule has 19 heteroatoms. The molecule has 4 atom stereocenters. The van der Waals surface area contributed by atoms with E-state index in [0.29, 0.717) is 24.6 Å². The molecule has 0 radical (unpaired) electrons. The number of carbonyl (C=O) groups is 3. The van der Waals surface area contributed by atoms with E-state index in [1.165, 1.54) is 20.6 Å². The number of imidazole rings is 2. The van der Waals surface area contributed by atoms with Crippen molar-refractivity contribution >= 4 is 100 Å². The van der Waals surface area contributed by atoms with Crippen molar-refractivity contribution in [2.45, 2.75) is 77.5 Å². The fourth-order valence-electron chi connectivity index (χ4n) is 7.79. The normalized spacial score (nSPS) is 17.2. The summed E-state index contributed by atoms with van der Waals surface area (Å²) in [6, 6.07) is 14.8. The summed E-state index contributed by atoms with van der Waals surface area (Å²) in [6.45, 7) is 8.94. The van der Waals surface area contributed by atoms with Gasteiger partial charge in [-0.25, -0.2) is 24.7 Å². The predicted octanol–water partition coefficient (Wildman–Crippen LogP) is 6.96. The topological polar surface area (TPSA) is 180 Å². The van der Waals surface area contributed by atoms with E-state index in [1.807, 2.05) is 55.8 Å². The van der Waals surface area contributed by atoms with E-state index < -0.39 is 18.2 Å². The SMILES string of the molecule is COOC=N[C@H](C(=O)N1CCC[C@H]1c1nc2nc(-c3ccc4cc(-c5cnc([C@@H]6CCCN6C(=O)[C@@H](NC(=O)OC)C(C)C)[nH]5)ccc4c3)ccc2[nH]1)C(C)C.S.S.S.S. The summed E-state index contributed by atoms with van der Waals surface area (Å²) in [4.78, 5) is 78.0. The van der Waals surface area contributed by atoms with E-state index >= 15 is 0 Å². The molecular formula is C41H57N9O6S4. The summed E-state index contributed by atoms with van der Waals surface area (Å²) in [5.74, 6) is 1.09. The Balaban J connectivity index is 0.00000240. The number of likely N-dealkylation sites (tertiary alicyclic amines) is 2. The van der Waals surface area contributed by atoms with E-state index in [-0.39, 0.29) is 89.7 Å². The summed E-state index contributed by atoms with van der Waals surface area (Å²) >= 11 is 0. The Morgan fingerprint density at radius 2 is 1.43 bits per heavy atom. The number of carbonyl (C=O) groups excluding carboxylic acids is 3. The van der Waals surface area contributed by atoms with Crippen molar-refractivity contribution < 1.29 is 28.9 Å². The molecule has 0 saturated carbocycles. The van der Waals surface area contributed by atoms with Crippen molar-refractivity contribution in [2.24, 2.45) is 16.8 Å². The Morgan fingerprint density at radius 3 is 2.07 bits per heavy atom. The van der Waals surface area contributed by atoms with Crippen LogP contribution in [0.25, 0.3) is 44.5 Å². The molecule has 2 aliphatic heterocycles. The van der Waals surface area contributed by atoms with Crippen LogP contribution in [0.4, 0.5) is 4.79 Å². The third-order valence-electron chi connectivity index (χ3n) is 10.7. The van der Waals surface area contributed by atoms with E-state index in [1.54, 1.807) is 0 Å². The van der Waals surface area contributed by atoms with Gasteiger partial charge in [-0.3, -0.25) is 9.59 Å². The van der Waals surface area contributed by atoms with Crippen molar-refractivity contribution in [1.29, 1.82) is 0 Å². The van der Waals surface area contributed by atoms with Gasteiger partial charge >= 0.3 is 6.09 Å². The molecule has 15 nitrogen and oxygen atoms in total. The third kappa shape index (κ3) is 10.5. The minimum atomic E-state index is -0.691. The van der Waals surface area contributed by atoms with Gasteiger partial charge in [-0.2, -0.15) is 58.9 Å². The number of methoxy groups -OCH3 is 1. The average molecular weight is 900 g/mol. The number of H-pyrrole nitrogens is 2. The fourth-order valence-corrected chi connectivity index (χ4v) is 7.79. The molecule has 326 valence electrons. The maximum atomic E-state index is 13.6. The van der Waals surface area contributed by atoms with Gasteiger partial charge in [0.2, 0.25) is 18.2 Å². The van der Waals surface area contributed by atoms with Gasteiger partial charge in [-0.15, -0.1) is 0 Å². The monoisotopic (exact) mass is 899 g/mol. The molecule has 3 N–H and O–H groups in total. The molecule has 3 aromatic heterocycles. The van der Waals surface area contributed by atoms with Crippen LogP contribution in [0.5, 0.6) is 0 Å².